The first-order valence-electron chi connectivity index (χ1n) is 6.65. The van der Waals surface area contributed by atoms with Crippen molar-refractivity contribution >= 4 is 0 Å². The molecule has 0 spiro atoms. The van der Waals surface area contributed by atoms with E-state index in [1.807, 2.05) is 0 Å². The third-order valence-corrected chi connectivity index (χ3v) is 4.27. The molecule has 0 saturated heterocycles. The Morgan fingerprint density at radius 2 is 2.06 bits per heavy atom. The van der Waals surface area contributed by atoms with Crippen molar-refractivity contribution in [1.29, 1.82) is 0 Å². The van der Waals surface area contributed by atoms with Crippen molar-refractivity contribution in [3.63, 3.8) is 0 Å². The fraction of sp³-hybridized carbons (Fsp3) is 1.00. The van der Waals surface area contributed by atoms with E-state index in [9.17, 15) is 0 Å². The molecule has 2 fully saturated rings. The van der Waals surface area contributed by atoms with Crippen LogP contribution in [-0.4, -0.2) is 43.8 Å². The second kappa shape index (κ2) is 5.03. The molecule has 0 aliphatic heterocycles. The molecule has 2 saturated carbocycles. The number of hydrogen-bond acceptors (Lipinski definition) is 3. The van der Waals surface area contributed by atoms with Gasteiger partial charge in [-0.15, -0.1) is 0 Å². The van der Waals surface area contributed by atoms with E-state index in [-0.39, 0.29) is 5.54 Å². The standard InChI is InChI=1S/C13H26N2O/c1-11-7-13(8-11,10-14)15(2)5-6-16-9-12-3-4-12/h11-12H,3-10,14H2,1-2H3. The van der Waals surface area contributed by atoms with Crippen LogP contribution in [0, 0.1) is 11.8 Å². The molecule has 16 heavy (non-hydrogen) atoms. The van der Waals surface area contributed by atoms with Gasteiger partial charge in [-0.25, -0.2) is 0 Å². The van der Waals surface area contributed by atoms with Crippen LogP contribution in [0.3, 0.4) is 0 Å². The monoisotopic (exact) mass is 226 g/mol. The largest absolute Gasteiger partial charge is 0.380 e. The molecule has 2 N–H and O–H groups in total. The van der Waals surface area contributed by atoms with Gasteiger partial charge in [0.25, 0.3) is 0 Å². The molecule has 94 valence electrons. The molecule has 0 unspecified atom stereocenters. The van der Waals surface area contributed by atoms with Gasteiger partial charge in [-0.05, 0) is 44.6 Å². The van der Waals surface area contributed by atoms with E-state index in [2.05, 4.69) is 18.9 Å². The molecule has 0 aromatic carbocycles. The number of nitrogens with two attached hydrogens (primary N) is 1. The molecule has 0 amide bonds. The first kappa shape index (κ1) is 12.3. The Hall–Kier alpha value is -0.120. The number of hydrogen-bond donors (Lipinski definition) is 1. The summed E-state index contributed by atoms with van der Waals surface area (Å²) < 4.78 is 5.68. The van der Waals surface area contributed by atoms with Gasteiger partial charge in [-0.3, -0.25) is 4.90 Å². The maximum Gasteiger partial charge on any atom is 0.0593 e. The van der Waals surface area contributed by atoms with Gasteiger partial charge in [-0.1, -0.05) is 6.92 Å². The molecule has 0 heterocycles. The van der Waals surface area contributed by atoms with Crippen molar-refractivity contribution in [2.75, 3.05) is 33.4 Å². The minimum Gasteiger partial charge on any atom is -0.380 e. The molecule has 2 aliphatic carbocycles. The van der Waals surface area contributed by atoms with E-state index >= 15 is 0 Å². The Balaban J connectivity index is 1.63. The molecule has 3 nitrogen and oxygen atoms in total. The minimum absolute atomic E-state index is 0.280. The van der Waals surface area contributed by atoms with Crippen LogP contribution < -0.4 is 5.73 Å². The fourth-order valence-corrected chi connectivity index (χ4v) is 2.84. The van der Waals surface area contributed by atoms with E-state index < -0.39 is 0 Å². The molecule has 0 atom stereocenters. The van der Waals surface area contributed by atoms with Gasteiger partial charge in [0.1, 0.15) is 0 Å². The minimum atomic E-state index is 0.280. The fourth-order valence-electron chi connectivity index (χ4n) is 2.84. The van der Waals surface area contributed by atoms with Gasteiger partial charge in [0.15, 0.2) is 0 Å². The first-order chi connectivity index (χ1) is 7.66. The molecule has 2 rings (SSSR count). The Morgan fingerprint density at radius 1 is 1.38 bits per heavy atom. The van der Waals surface area contributed by atoms with Crippen LogP contribution in [0.15, 0.2) is 0 Å². The van der Waals surface area contributed by atoms with Gasteiger partial charge in [0, 0.05) is 25.2 Å². The van der Waals surface area contributed by atoms with Gasteiger partial charge < -0.3 is 10.5 Å². The van der Waals surface area contributed by atoms with Crippen molar-refractivity contribution in [1.82, 2.24) is 4.90 Å². The predicted octanol–water partition coefficient (Wildman–Crippen LogP) is 1.47. The highest BCUT2D eigenvalue weighted by atomic mass is 16.5. The van der Waals surface area contributed by atoms with Crippen molar-refractivity contribution < 1.29 is 4.74 Å². The lowest BCUT2D eigenvalue weighted by Crippen LogP contribution is -2.60. The van der Waals surface area contributed by atoms with E-state index in [0.717, 1.165) is 38.1 Å². The lowest BCUT2D eigenvalue weighted by molar-refractivity contribution is -0.0132. The molecule has 0 aromatic heterocycles. The Labute approximate surface area is 99.3 Å². The number of likely N-dealkylation sites (N-methyl/N-ethyl adjacent to an activating group) is 1. The van der Waals surface area contributed by atoms with Crippen LogP contribution in [0.1, 0.15) is 32.6 Å². The quantitative estimate of drug-likeness (QED) is 0.668. The normalized spacial score (nSPS) is 34.1. The van der Waals surface area contributed by atoms with E-state index in [0.29, 0.717) is 0 Å². The Bertz CT molecular complexity index is 222. The van der Waals surface area contributed by atoms with Crippen LogP contribution >= 0.6 is 0 Å². The molecular weight excluding hydrogens is 200 g/mol. The first-order valence-corrected chi connectivity index (χ1v) is 6.65. The Kier molecular flexibility index (Phi) is 3.88. The van der Waals surface area contributed by atoms with Gasteiger partial charge in [-0.2, -0.15) is 0 Å². The topological polar surface area (TPSA) is 38.5 Å². The second-order valence-corrected chi connectivity index (χ2v) is 5.88. The van der Waals surface area contributed by atoms with Crippen molar-refractivity contribution in [3.8, 4) is 0 Å². The van der Waals surface area contributed by atoms with Crippen molar-refractivity contribution in [2.24, 2.45) is 17.6 Å². The number of nitrogens with zero attached hydrogens (tertiary/aromatic N) is 1. The summed E-state index contributed by atoms with van der Waals surface area (Å²) in [4.78, 5) is 2.42. The summed E-state index contributed by atoms with van der Waals surface area (Å²) in [6, 6.07) is 0. The van der Waals surface area contributed by atoms with Gasteiger partial charge in [0.05, 0.1) is 6.61 Å². The summed E-state index contributed by atoms with van der Waals surface area (Å²) in [6.07, 6.45) is 5.26. The smallest absolute Gasteiger partial charge is 0.0593 e. The summed E-state index contributed by atoms with van der Waals surface area (Å²) in [6.45, 7) is 5.96. The van der Waals surface area contributed by atoms with Crippen molar-refractivity contribution in [2.45, 2.75) is 38.1 Å². The summed E-state index contributed by atoms with van der Waals surface area (Å²) in [5.41, 5.74) is 6.19. The molecule has 0 bridgehead atoms. The third-order valence-electron chi connectivity index (χ3n) is 4.27. The SMILES string of the molecule is CC1CC(CN)(N(C)CCOCC2CC2)C1. The van der Waals surface area contributed by atoms with E-state index in [4.69, 9.17) is 10.5 Å². The zero-order chi connectivity index (χ0) is 11.6. The van der Waals surface area contributed by atoms with E-state index in [1.54, 1.807) is 0 Å². The maximum atomic E-state index is 5.91. The lowest BCUT2D eigenvalue weighted by atomic mass is 9.68. The van der Waals surface area contributed by atoms with Crippen LogP contribution in [0.4, 0.5) is 0 Å². The number of rotatable bonds is 7. The zero-order valence-corrected chi connectivity index (χ0v) is 10.7. The molecule has 2 aliphatic rings. The van der Waals surface area contributed by atoms with Crippen LogP contribution in [0.25, 0.3) is 0 Å². The average Bonchev–Trinajstić information content (AvgIpc) is 3.03. The molecule has 0 aromatic rings. The summed E-state index contributed by atoms with van der Waals surface area (Å²) in [5.74, 6) is 1.72. The van der Waals surface area contributed by atoms with Gasteiger partial charge >= 0.3 is 0 Å². The van der Waals surface area contributed by atoms with Crippen LogP contribution in [-0.2, 0) is 4.74 Å². The predicted molar refractivity (Wildman–Crippen MR) is 66.4 cm³/mol. The third kappa shape index (κ3) is 2.76. The highest BCUT2D eigenvalue weighted by molar-refractivity contribution is 5.01. The molecular formula is C13H26N2O. The summed E-state index contributed by atoms with van der Waals surface area (Å²) in [7, 11) is 2.19. The summed E-state index contributed by atoms with van der Waals surface area (Å²) >= 11 is 0. The summed E-state index contributed by atoms with van der Waals surface area (Å²) in [5, 5.41) is 0. The van der Waals surface area contributed by atoms with Crippen LogP contribution in [0.2, 0.25) is 0 Å². The van der Waals surface area contributed by atoms with Crippen molar-refractivity contribution in [3.05, 3.63) is 0 Å². The van der Waals surface area contributed by atoms with Crippen LogP contribution in [0.5, 0.6) is 0 Å². The highest BCUT2D eigenvalue weighted by Gasteiger charge is 2.43. The number of ether oxygens (including phenoxy) is 1. The average molecular weight is 226 g/mol. The lowest BCUT2D eigenvalue weighted by Gasteiger charge is -2.52. The highest BCUT2D eigenvalue weighted by Crippen LogP contribution is 2.40. The molecule has 3 heteroatoms. The van der Waals surface area contributed by atoms with E-state index in [1.165, 1.54) is 25.7 Å². The molecule has 0 radical (unpaired) electrons. The van der Waals surface area contributed by atoms with Gasteiger partial charge in [0.2, 0.25) is 0 Å². The maximum absolute atomic E-state index is 5.91. The Morgan fingerprint density at radius 3 is 2.56 bits per heavy atom. The zero-order valence-electron chi connectivity index (χ0n) is 10.7. The second-order valence-electron chi connectivity index (χ2n) is 5.88.